The van der Waals surface area contributed by atoms with Crippen molar-refractivity contribution in [1.29, 1.82) is 0 Å². The molecule has 108 valence electrons. The first-order valence-electron chi connectivity index (χ1n) is 6.46. The predicted octanol–water partition coefficient (Wildman–Crippen LogP) is 3.47. The van der Waals surface area contributed by atoms with Crippen LogP contribution >= 0.6 is 11.6 Å². The van der Waals surface area contributed by atoms with E-state index in [0.717, 1.165) is 5.56 Å². The Morgan fingerprint density at radius 3 is 2.62 bits per heavy atom. The van der Waals surface area contributed by atoms with E-state index in [1.807, 2.05) is 37.3 Å². The van der Waals surface area contributed by atoms with Gasteiger partial charge in [-0.05, 0) is 36.8 Å². The van der Waals surface area contributed by atoms with E-state index < -0.39 is 0 Å². The molecule has 1 amide bonds. The Bertz CT molecular complexity index is 668. The summed E-state index contributed by atoms with van der Waals surface area (Å²) in [6.07, 6.45) is 0. The Morgan fingerprint density at radius 1 is 1.24 bits per heavy atom. The van der Waals surface area contributed by atoms with Gasteiger partial charge in [0.25, 0.3) is 5.91 Å². The third kappa shape index (κ3) is 4.07. The topological polar surface area (TPSA) is 67.5 Å². The summed E-state index contributed by atoms with van der Waals surface area (Å²) in [7, 11) is 0. The lowest BCUT2D eigenvalue weighted by Crippen LogP contribution is -2.14. The molecule has 0 saturated carbocycles. The second kappa shape index (κ2) is 6.90. The number of aliphatic imine (C=N–C) groups is 1. The summed E-state index contributed by atoms with van der Waals surface area (Å²) in [5.41, 5.74) is 8.47. The summed E-state index contributed by atoms with van der Waals surface area (Å²) in [6.45, 7) is 1.94. The van der Waals surface area contributed by atoms with Crippen molar-refractivity contribution in [2.45, 2.75) is 6.92 Å². The number of nitrogens with zero attached hydrogens (tertiary/aromatic N) is 1. The average Bonchev–Trinajstić information content (AvgIpc) is 2.50. The van der Waals surface area contributed by atoms with Gasteiger partial charge in [0.05, 0.1) is 17.3 Å². The zero-order valence-electron chi connectivity index (χ0n) is 11.6. The van der Waals surface area contributed by atoms with Gasteiger partial charge in [-0.3, -0.25) is 4.79 Å². The molecule has 2 rings (SSSR count). The zero-order valence-corrected chi connectivity index (χ0v) is 12.4. The molecule has 0 aliphatic heterocycles. The van der Waals surface area contributed by atoms with Crippen molar-refractivity contribution in [3.63, 3.8) is 0 Å². The molecule has 0 aliphatic carbocycles. The number of amides is 1. The van der Waals surface area contributed by atoms with Crippen molar-refractivity contribution in [2.24, 2.45) is 10.7 Å². The third-order valence-electron chi connectivity index (χ3n) is 2.84. The molecule has 0 aliphatic rings. The Balaban J connectivity index is 2.30. The quantitative estimate of drug-likeness (QED) is 0.516. The van der Waals surface area contributed by atoms with E-state index in [2.05, 4.69) is 10.3 Å². The van der Waals surface area contributed by atoms with Crippen LogP contribution < -0.4 is 11.1 Å². The van der Waals surface area contributed by atoms with Crippen LogP contribution in [-0.4, -0.2) is 17.6 Å². The fourth-order valence-corrected chi connectivity index (χ4v) is 1.87. The normalized spacial score (nSPS) is 11.2. The highest BCUT2D eigenvalue weighted by molar-refractivity contribution is 6.28. The largest absolute Gasteiger partial charge is 0.386 e. The summed E-state index contributed by atoms with van der Waals surface area (Å²) < 4.78 is 0. The van der Waals surface area contributed by atoms with Gasteiger partial charge in [0.15, 0.2) is 0 Å². The second-order valence-electron chi connectivity index (χ2n) is 4.58. The summed E-state index contributed by atoms with van der Waals surface area (Å²) in [5.74, 6) is 0.248. The van der Waals surface area contributed by atoms with Gasteiger partial charge in [-0.25, -0.2) is 4.99 Å². The number of carbonyl (C=O) groups excluding carboxylic acids is 1. The Hall–Kier alpha value is -2.33. The molecule has 21 heavy (non-hydrogen) atoms. The van der Waals surface area contributed by atoms with Crippen molar-refractivity contribution in [3.8, 4) is 0 Å². The number of nitrogens with one attached hydrogen (secondary N) is 1. The highest BCUT2D eigenvalue weighted by Gasteiger charge is 2.09. The molecular weight excluding hydrogens is 286 g/mol. The molecule has 0 heterocycles. The fourth-order valence-electron chi connectivity index (χ4n) is 1.81. The first kappa shape index (κ1) is 15.1. The monoisotopic (exact) mass is 301 g/mol. The molecule has 5 heteroatoms. The van der Waals surface area contributed by atoms with E-state index in [4.69, 9.17) is 17.3 Å². The molecule has 2 aromatic carbocycles. The number of benzene rings is 2. The number of halogens is 1. The molecular formula is C16H16ClN3O. The van der Waals surface area contributed by atoms with E-state index in [-0.39, 0.29) is 11.8 Å². The number of hydrogen-bond acceptors (Lipinski definition) is 2. The predicted molar refractivity (Wildman–Crippen MR) is 87.6 cm³/mol. The molecule has 0 radical (unpaired) electrons. The molecule has 0 aromatic heterocycles. The van der Waals surface area contributed by atoms with Gasteiger partial charge in [0.1, 0.15) is 5.84 Å². The Kier molecular flexibility index (Phi) is 4.95. The Labute approximate surface area is 128 Å². The number of aryl methyl sites for hydroxylation is 1. The molecule has 2 aromatic rings. The van der Waals surface area contributed by atoms with Crippen molar-refractivity contribution in [2.75, 3.05) is 11.2 Å². The molecule has 0 atom stereocenters. The van der Waals surface area contributed by atoms with Gasteiger partial charge in [-0.1, -0.05) is 24.3 Å². The second-order valence-corrected chi connectivity index (χ2v) is 4.84. The van der Waals surface area contributed by atoms with E-state index >= 15 is 0 Å². The molecule has 0 saturated heterocycles. The van der Waals surface area contributed by atoms with Crippen LogP contribution in [0.15, 0.2) is 53.5 Å². The van der Waals surface area contributed by atoms with Crippen molar-refractivity contribution in [3.05, 3.63) is 59.7 Å². The van der Waals surface area contributed by atoms with Crippen LogP contribution in [0.25, 0.3) is 0 Å². The van der Waals surface area contributed by atoms with E-state index in [9.17, 15) is 4.79 Å². The highest BCUT2D eigenvalue weighted by atomic mass is 35.5. The fraction of sp³-hybridized carbons (Fsp3) is 0.125. The smallest absolute Gasteiger partial charge is 0.255 e. The number of alkyl halides is 1. The molecule has 3 N–H and O–H groups in total. The van der Waals surface area contributed by atoms with Crippen molar-refractivity contribution < 1.29 is 4.79 Å². The first-order chi connectivity index (χ1) is 10.1. The minimum absolute atomic E-state index is 0.139. The molecule has 4 nitrogen and oxygen atoms in total. The summed E-state index contributed by atoms with van der Waals surface area (Å²) in [5, 5.41) is 2.84. The van der Waals surface area contributed by atoms with Gasteiger partial charge < -0.3 is 11.1 Å². The van der Waals surface area contributed by atoms with Crippen molar-refractivity contribution in [1.82, 2.24) is 0 Å². The summed E-state index contributed by atoms with van der Waals surface area (Å²) in [6, 6.07) is 14.5. The average molecular weight is 302 g/mol. The van der Waals surface area contributed by atoms with Gasteiger partial charge in [-0.15, -0.1) is 11.6 Å². The minimum Gasteiger partial charge on any atom is -0.386 e. The van der Waals surface area contributed by atoms with E-state index in [1.54, 1.807) is 18.2 Å². The minimum atomic E-state index is -0.194. The lowest BCUT2D eigenvalue weighted by Gasteiger charge is -2.09. The third-order valence-corrected chi connectivity index (χ3v) is 3.11. The number of carbonyl (C=O) groups is 1. The maximum atomic E-state index is 12.2. The van der Waals surface area contributed by atoms with E-state index in [0.29, 0.717) is 22.8 Å². The van der Waals surface area contributed by atoms with E-state index in [1.165, 1.54) is 0 Å². The van der Waals surface area contributed by atoms with Crippen molar-refractivity contribution >= 4 is 34.7 Å². The number of rotatable bonds is 4. The molecule has 0 unspecified atom stereocenters. The van der Waals surface area contributed by atoms with Crippen LogP contribution in [0.4, 0.5) is 11.4 Å². The Morgan fingerprint density at radius 2 is 1.95 bits per heavy atom. The maximum absolute atomic E-state index is 12.2. The van der Waals surface area contributed by atoms with Crippen LogP contribution in [0.5, 0.6) is 0 Å². The van der Waals surface area contributed by atoms with Crippen LogP contribution in [0.3, 0.4) is 0 Å². The van der Waals surface area contributed by atoms with Crippen LogP contribution in [0, 0.1) is 6.92 Å². The number of nitrogens with two attached hydrogens (primary N) is 1. The summed E-state index contributed by atoms with van der Waals surface area (Å²) in [4.78, 5) is 16.4. The maximum Gasteiger partial charge on any atom is 0.255 e. The molecule has 0 spiro atoms. The van der Waals surface area contributed by atoms with Crippen LogP contribution in [0.1, 0.15) is 15.9 Å². The van der Waals surface area contributed by atoms with Gasteiger partial charge in [-0.2, -0.15) is 0 Å². The van der Waals surface area contributed by atoms with Gasteiger partial charge in [0, 0.05) is 5.56 Å². The lowest BCUT2D eigenvalue weighted by molar-refractivity contribution is 0.102. The number of anilines is 1. The number of hydrogen-bond donors (Lipinski definition) is 2. The van der Waals surface area contributed by atoms with Crippen LogP contribution in [0.2, 0.25) is 0 Å². The SMILES string of the molecule is Cc1ccc(NC(=O)c2ccccc2)c(N=C(N)CCl)c1. The first-order valence-corrected chi connectivity index (χ1v) is 6.99. The highest BCUT2D eigenvalue weighted by Crippen LogP contribution is 2.26. The van der Waals surface area contributed by atoms with Gasteiger partial charge in [0.2, 0.25) is 0 Å². The van der Waals surface area contributed by atoms with Gasteiger partial charge >= 0.3 is 0 Å². The lowest BCUT2D eigenvalue weighted by atomic mass is 10.1. The summed E-state index contributed by atoms with van der Waals surface area (Å²) >= 11 is 5.65. The molecule has 0 fully saturated rings. The zero-order chi connectivity index (χ0) is 15.2. The molecule has 0 bridgehead atoms. The standard InChI is InChI=1S/C16H16ClN3O/c1-11-7-8-13(14(9-11)19-15(18)10-17)20-16(21)12-5-3-2-4-6-12/h2-9H,10H2,1H3,(H2,18,19)(H,20,21). The van der Waals surface area contributed by atoms with Crippen LogP contribution in [-0.2, 0) is 0 Å². The number of amidine groups is 1.